The monoisotopic (exact) mass is 230 g/mol. The summed E-state index contributed by atoms with van der Waals surface area (Å²) in [5.41, 5.74) is 5.57. The molecule has 0 aromatic carbocycles. The highest BCUT2D eigenvalue weighted by atomic mass is 16.4. The smallest absolute Gasteiger partial charge is 0.308 e. The topological polar surface area (TPSA) is 83.6 Å². The third-order valence-corrected chi connectivity index (χ3v) is 2.46. The van der Waals surface area contributed by atoms with Gasteiger partial charge in [0.1, 0.15) is 0 Å². The SMILES string of the molecule is CCN(CC(C)C(=O)O)C(=O)CCC(C)N. The van der Waals surface area contributed by atoms with Crippen LogP contribution in [0, 0.1) is 5.92 Å². The van der Waals surface area contributed by atoms with Gasteiger partial charge in [-0.05, 0) is 20.3 Å². The minimum atomic E-state index is -0.876. The van der Waals surface area contributed by atoms with E-state index in [1.54, 1.807) is 11.8 Å². The van der Waals surface area contributed by atoms with Gasteiger partial charge < -0.3 is 15.7 Å². The van der Waals surface area contributed by atoms with Gasteiger partial charge in [0, 0.05) is 25.6 Å². The standard InChI is InChI=1S/C11H22N2O3/c1-4-13(7-8(2)11(15)16)10(14)6-5-9(3)12/h8-9H,4-7,12H2,1-3H3,(H,15,16). The number of nitrogens with two attached hydrogens (primary N) is 1. The van der Waals surface area contributed by atoms with Crippen LogP contribution in [0.3, 0.4) is 0 Å². The molecule has 0 bridgehead atoms. The minimum Gasteiger partial charge on any atom is -0.481 e. The van der Waals surface area contributed by atoms with Gasteiger partial charge in [0.05, 0.1) is 5.92 Å². The molecule has 0 fully saturated rings. The Labute approximate surface area is 96.6 Å². The van der Waals surface area contributed by atoms with E-state index in [2.05, 4.69) is 0 Å². The molecule has 2 atom stereocenters. The Kier molecular flexibility index (Phi) is 6.72. The second-order valence-corrected chi connectivity index (χ2v) is 4.19. The molecule has 94 valence electrons. The summed E-state index contributed by atoms with van der Waals surface area (Å²) in [5.74, 6) is -1.43. The molecule has 2 unspecified atom stereocenters. The fourth-order valence-electron chi connectivity index (χ4n) is 1.33. The first-order chi connectivity index (χ1) is 7.38. The molecule has 0 aliphatic heterocycles. The van der Waals surface area contributed by atoms with Crippen molar-refractivity contribution in [3.8, 4) is 0 Å². The maximum atomic E-state index is 11.7. The van der Waals surface area contributed by atoms with Crippen LogP contribution in [-0.4, -0.2) is 41.0 Å². The van der Waals surface area contributed by atoms with Crippen LogP contribution in [0.25, 0.3) is 0 Å². The number of nitrogens with zero attached hydrogens (tertiary/aromatic N) is 1. The van der Waals surface area contributed by atoms with Crippen molar-refractivity contribution in [2.45, 2.75) is 39.7 Å². The summed E-state index contributed by atoms with van der Waals surface area (Å²) >= 11 is 0. The Hall–Kier alpha value is -1.10. The van der Waals surface area contributed by atoms with E-state index in [-0.39, 0.29) is 18.5 Å². The van der Waals surface area contributed by atoms with E-state index in [0.717, 1.165) is 0 Å². The molecule has 5 heteroatoms. The molecule has 1 amide bonds. The van der Waals surface area contributed by atoms with Crippen molar-refractivity contribution in [1.82, 2.24) is 4.90 Å². The van der Waals surface area contributed by atoms with Crippen LogP contribution in [0.15, 0.2) is 0 Å². The van der Waals surface area contributed by atoms with Crippen LogP contribution in [0.4, 0.5) is 0 Å². The molecule has 0 saturated carbocycles. The van der Waals surface area contributed by atoms with Gasteiger partial charge in [0.15, 0.2) is 0 Å². The number of carbonyl (C=O) groups is 2. The summed E-state index contributed by atoms with van der Waals surface area (Å²) in [5, 5.41) is 8.77. The molecule has 3 N–H and O–H groups in total. The van der Waals surface area contributed by atoms with Gasteiger partial charge in [-0.1, -0.05) is 6.92 Å². The molecule has 0 rings (SSSR count). The number of hydrogen-bond acceptors (Lipinski definition) is 3. The molecule has 0 heterocycles. The average molecular weight is 230 g/mol. The summed E-state index contributed by atoms with van der Waals surface area (Å²) in [6.45, 7) is 6.10. The van der Waals surface area contributed by atoms with Crippen LogP contribution >= 0.6 is 0 Å². The predicted octanol–water partition coefficient (Wildman–Crippen LogP) is 0.683. The zero-order valence-corrected chi connectivity index (χ0v) is 10.3. The van der Waals surface area contributed by atoms with Crippen LogP contribution in [0.1, 0.15) is 33.6 Å². The van der Waals surface area contributed by atoms with Crippen LogP contribution in [-0.2, 0) is 9.59 Å². The molecule has 0 aromatic heterocycles. The van der Waals surface area contributed by atoms with Crippen LogP contribution < -0.4 is 5.73 Å². The second-order valence-electron chi connectivity index (χ2n) is 4.19. The largest absolute Gasteiger partial charge is 0.481 e. The first-order valence-electron chi connectivity index (χ1n) is 5.64. The van der Waals surface area contributed by atoms with Crippen molar-refractivity contribution in [1.29, 1.82) is 0 Å². The maximum absolute atomic E-state index is 11.7. The Bertz CT molecular complexity index is 241. The lowest BCUT2D eigenvalue weighted by molar-refractivity contribution is -0.143. The van der Waals surface area contributed by atoms with Crippen molar-refractivity contribution in [2.24, 2.45) is 11.7 Å². The Morgan fingerprint density at radius 1 is 1.38 bits per heavy atom. The van der Waals surface area contributed by atoms with E-state index in [1.807, 2.05) is 13.8 Å². The van der Waals surface area contributed by atoms with Gasteiger partial charge in [-0.25, -0.2) is 0 Å². The molecule has 5 nitrogen and oxygen atoms in total. The average Bonchev–Trinajstić information content (AvgIpc) is 2.21. The fourth-order valence-corrected chi connectivity index (χ4v) is 1.33. The van der Waals surface area contributed by atoms with Gasteiger partial charge >= 0.3 is 5.97 Å². The van der Waals surface area contributed by atoms with Crippen molar-refractivity contribution in [3.05, 3.63) is 0 Å². The highest BCUT2D eigenvalue weighted by molar-refractivity contribution is 5.77. The zero-order valence-electron chi connectivity index (χ0n) is 10.3. The first-order valence-corrected chi connectivity index (χ1v) is 5.64. The number of amides is 1. The number of rotatable bonds is 7. The quantitative estimate of drug-likeness (QED) is 0.673. The third-order valence-electron chi connectivity index (χ3n) is 2.46. The van der Waals surface area contributed by atoms with E-state index in [1.165, 1.54) is 0 Å². The zero-order chi connectivity index (χ0) is 12.7. The maximum Gasteiger partial charge on any atom is 0.308 e. The Morgan fingerprint density at radius 3 is 2.31 bits per heavy atom. The molecule has 0 aliphatic rings. The second kappa shape index (κ2) is 7.22. The van der Waals surface area contributed by atoms with Crippen molar-refractivity contribution < 1.29 is 14.7 Å². The summed E-state index contributed by atoms with van der Waals surface area (Å²) in [6, 6.07) is -0.000414. The molecule has 0 spiro atoms. The highest BCUT2D eigenvalue weighted by Crippen LogP contribution is 2.05. The minimum absolute atomic E-state index is 0.000414. The molecule has 0 aliphatic carbocycles. The Morgan fingerprint density at radius 2 is 1.94 bits per heavy atom. The summed E-state index contributed by atoms with van der Waals surface area (Å²) < 4.78 is 0. The lowest BCUT2D eigenvalue weighted by atomic mass is 10.1. The van der Waals surface area contributed by atoms with Gasteiger partial charge in [0.25, 0.3) is 0 Å². The highest BCUT2D eigenvalue weighted by Gasteiger charge is 2.19. The molecule has 0 saturated heterocycles. The van der Waals surface area contributed by atoms with E-state index < -0.39 is 11.9 Å². The molecular formula is C11H22N2O3. The van der Waals surface area contributed by atoms with E-state index in [4.69, 9.17) is 10.8 Å². The van der Waals surface area contributed by atoms with Gasteiger partial charge in [-0.3, -0.25) is 9.59 Å². The van der Waals surface area contributed by atoms with Crippen molar-refractivity contribution >= 4 is 11.9 Å². The summed E-state index contributed by atoms with van der Waals surface area (Å²) in [7, 11) is 0. The lowest BCUT2D eigenvalue weighted by Crippen LogP contribution is -2.37. The normalized spacial score (nSPS) is 14.2. The molecule has 0 aromatic rings. The third kappa shape index (κ3) is 5.70. The number of carboxylic acid groups (broad SMARTS) is 1. The van der Waals surface area contributed by atoms with Crippen molar-refractivity contribution in [2.75, 3.05) is 13.1 Å². The molecule has 16 heavy (non-hydrogen) atoms. The number of aliphatic carboxylic acids is 1. The summed E-state index contributed by atoms with van der Waals surface area (Å²) in [6.07, 6.45) is 1.02. The Balaban J connectivity index is 4.16. The van der Waals surface area contributed by atoms with Crippen molar-refractivity contribution in [3.63, 3.8) is 0 Å². The van der Waals surface area contributed by atoms with Gasteiger partial charge in [-0.15, -0.1) is 0 Å². The first kappa shape index (κ1) is 14.9. The molecule has 0 radical (unpaired) electrons. The number of hydrogen-bond donors (Lipinski definition) is 2. The van der Waals surface area contributed by atoms with E-state index in [0.29, 0.717) is 19.4 Å². The lowest BCUT2D eigenvalue weighted by Gasteiger charge is -2.23. The number of carboxylic acids is 1. The van der Waals surface area contributed by atoms with E-state index in [9.17, 15) is 9.59 Å². The fraction of sp³-hybridized carbons (Fsp3) is 0.818. The van der Waals surface area contributed by atoms with Gasteiger partial charge in [0.2, 0.25) is 5.91 Å². The number of carbonyl (C=O) groups excluding carboxylic acids is 1. The summed E-state index contributed by atoms with van der Waals surface area (Å²) in [4.78, 5) is 24.0. The van der Waals surface area contributed by atoms with Crippen LogP contribution in [0.5, 0.6) is 0 Å². The predicted molar refractivity (Wildman–Crippen MR) is 61.9 cm³/mol. The van der Waals surface area contributed by atoms with E-state index >= 15 is 0 Å². The van der Waals surface area contributed by atoms with Gasteiger partial charge in [-0.2, -0.15) is 0 Å². The van der Waals surface area contributed by atoms with Crippen LogP contribution in [0.2, 0.25) is 0 Å². The molecular weight excluding hydrogens is 208 g/mol.